The molecule has 1 amide bonds. The lowest BCUT2D eigenvalue weighted by Gasteiger charge is -2.30. The van der Waals surface area contributed by atoms with Crippen LogP contribution in [0.3, 0.4) is 0 Å². The number of imidazole rings is 1. The lowest BCUT2D eigenvalue weighted by molar-refractivity contribution is -0.147. The van der Waals surface area contributed by atoms with Gasteiger partial charge in [0.2, 0.25) is 5.91 Å². The summed E-state index contributed by atoms with van der Waals surface area (Å²) in [6, 6.07) is 17.9. The van der Waals surface area contributed by atoms with Crippen LogP contribution in [0.5, 0.6) is 0 Å². The van der Waals surface area contributed by atoms with E-state index in [9.17, 15) is 9.59 Å². The number of carbonyl (C=O) groups excluding carboxylic acids is 2. The van der Waals surface area contributed by atoms with Gasteiger partial charge in [-0.25, -0.2) is 4.98 Å². The van der Waals surface area contributed by atoms with E-state index in [1.807, 2.05) is 54.6 Å². The number of ether oxygens (including phenoxy) is 1. The van der Waals surface area contributed by atoms with Crippen LogP contribution in [0.4, 0.5) is 5.69 Å². The van der Waals surface area contributed by atoms with Crippen LogP contribution < -0.4 is 4.90 Å². The summed E-state index contributed by atoms with van der Waals surface area (Å²) >= 11 is 0. The van der Waals surface area contributed by atoms with Crippen LogP contribution in [0.25, 0.3) is 11.1 Å². The second kappa shape index (κ2) is 7.54. The van der Waals surface area contributed by atoms with Crippen LogP contribution in [-0.2, 0) is 20.9 Å². The molecule has 0 spiro atoms. The largest absolute Gasteiger partial charge is 0.459 e. The molecule has 1 unspecified atom stereocenters. The van der Waals surface area contributed by atoms with Crippen molar-refractivity contribution in [1.29, 1.82) is 0 Å². The van der Waals surface area contributed by atoms with Crippen molar-refractivity contribution in [1.82, 2.24) is 9.97 Å². The first-order valence-electron chi connectivity index (χ1n) is 9.60. The maximum atomic E-state index is 13.4. The van der Waals surface area contributed by atoms with E-state index in [4.69, 9.17) is 4.74 Å². The topological polar surface area (TPSA) is 75.3 Å². The van der Waals surface area contributed by atoms with Gasteiger partial charge in [-0.15, -0.1) is 0 Å². The number of aromatic amines is 1. The first kappa shape index (κ1) is 18.9. The Morgan fingerprint density at radius 2 is 1.83 bits per heavy atom. The molecule has 0 aliphatic carbocycles. The third-order valence-corrected chi connectivity index (χ3v) is 5.32. The Bertz CT molecular complexity index is 996. The van der Waals surface area contributed by atoms with E-state index in [0.717, 1.165) is 22.5 Å². The maximum absolute atomic E-state index is 13.4. The molecule has 2 heterocycles. The highest BCUT2D eigenvalue weighted by Crippen LogP contribution is 2.35. The number of hydrogen-bond acceptors (Lipinski definition) is 4. The van der Waals surface area contributed by atoms with Crippen LogP contribution >= 0.6 is 0 Å². The Morgan fingerprint density at radius 3 is 2.41 bits per heavy atom. The first-order valence-corrected chi connectivity index (χ1v) is 9.60. The fraction of sp³-hybridized carbons (Fsp3) is 0.261. The molecular weight excluding hydrogens is 366 g/mol. The fourth-order valence-corrected chi connectivity index (χ4v) is 3.69. The maximum Gasteiger partial charge on any atom is 0.307 e. The minimum absolute atomic E-state index is 0.0907. The number of amides is 1. The molecule has 29 heavy (non-hydrogen) atoms. The average Bonchev–Trinajstić information content (AvgIpc) is 3.33. The smallest absolute Gasteiger partial charge is 0.307 e. The standard InChI is InChI=1S/C23H23N3O3/c1-23(2)20(12-21(27)29-23)22(28)26(14-18-13-24-15-25-18)19-10-8-17(9-11-19)16-6-4-3-5-7-16/h3-11,13,15,20H,12,14H2,1-2H3,(H,24,25). The summed E-state index contributed by atoms with van der Waals surface area (Å²) in [6.45, 7) is 3.91. The Balaban J connectivity index is 1.65. The number of rotatable bonds is 5. The van der Waals surface area contributed by atoms with Gasteiger partial charge >= 0.3 is 5.97 Å². The number of anilines is 1. The molecule has 1 aromatic heterocycles. The van der Waals surface area contributed by atoms with Crippen molar-refractivity contribution in [2.24, 2.45) is 5.92 Å². The average molecular weight is 389 g/mol. The van der Waals surface area contributed by atoms with Crippen molar-refractivity contribution in [3.63, 3.8) is 0 Å². The Hall–Kier alpha value is -3.41. The third-order valence-electron chi connectivity index (χ3n) is 5.32. The van der Waals surface area contributed by atoms with Gasteiger partial charge in [-0.1, -0.05) is 42.5 Å². The van der Waals surface area contributed by atoms with Crippen LogP contribution in [0.2, 0.25) is 0 Å². The molecule has 0 radical (unpaired) electrons. The van der Waals surface area contributed by atoms with E-state index in [1.54, 1.807) is 31.3 Å². The molecule has 6 nitrogen and oxygen atoms in total. The van der Waals surface area contributed by atoms with Crippen molar-refractivity contribution >= 4 is 17.6 Å². The third kappa shape index (κ3) is 3.92. The lowest BCUT2D eigenvalue weighted by Crippen LogP contribution is -2.43. The first-order chi connectivity index (χ1) is 13.9. The predicted octanol–water partition coefficient (Wildman–Crippen LogP) is 3.95. The Kier molecular flexibility index (Phi) is 4.92. The van der Waals surface area contributed by atoms with Crippen molar-refractivity contribution < 1.29 is 14.3 Å². The molecule has 1 N–H and O–H groups in total. The summed E-state index contributed by atoms with van der Waals surface area (Å²) in [5.74, 6) is -1.01. The number of hydrogen-bond donors (Lipinski definition) is 1. The van der Waals surface area contributed by atoms with E-state index in [-0.39, 0.29) is 18.3 Å². The zero-order valence-corrected chi connectivity index (χ0v) is 16.5. The summed E-state index contributed by atoms with van der Waals surface area (Å²) < 4.78 is 5.37. The number of nitrogens with zero attached hydrogens (tertiary/aromatic N) is 2. The van der Waals surface area contributed by atoms with Gasteiger partial charge in [0.05, 0.1) is 30.9 Å². The molecule has 1 aliphatic rings. The quantitative estimate of drug-likeness (QED) is 0.671. The number of carbonyl (C=O) groups is 2. The zero-order chi connectivity index (χ0) is 20.4. The zero-order valence-electron chi connectivity index (χ0n) is 16.5. The second-order valence-electron chi connectivity index (χ2n) is 7.75. The van der Waals surface area contributed by atoms with Gasteiger partial charge in [-0.05, 0) is 37.1 Å². The summed E-state index contributed by atoms with van der Waals surface area (Å²) in [4.78, 5) is 34.1. The summed E-state index contributed by atoms with van der Waals surface area (Å²) in [7, 11) is 0. The number of cyclic esters (lactones) is 1. The fourth-order valence-electron chi connectivity index (χ4n) is 3.69. The van der Waals surface area contributed by atoms with Crippen molar-refractivity contribution in [2.45, 2.75) is 32.4 Å². The van der Waals surface area contributed by atoms with Gasteiger partial charge in [0.25, 0.3) is 0 Å². The van der Waals surface area contributed by atoms with Gasteiger partial charge in [0.1, 0.15) is 5.60 Å². The highest BCUT2D eigenvalue weighted by atomic mass is 16.6. The lowest BCUT2D eigenvalue weighted by atomic mass is 9.89. The minimum Gasteiger partial charge on any atom is -0.459 e. The SMILES string of the molecule is CC1(C)OC(=O)CC1C(=O)N(Cc1cnc[nH]1)c1ccc(-c2ccccc2)cc1. The molecule has 6 heteroatoms. The molecule has 3 aromatic rings. The van der Waals surface area contributed by atoms with E-state index < -0.39 is 11.5 Å². The molecule has 2 aromatic carbocycles. The van der Waals surface area contributed by atoms with Crippen molar-refractivity contribution in [3.8, 4) is 11.1 Å². The summed E-state index contributed by atoms with van der Waals surface area (Å²) in [5.41, 5.74) is 2.93. The molecule has 1 aliphatic heterocycles. The van der Waals surface area contributed by atoms with Gasteiger partial charge in [0, 0.05) is 11.9 Å². The molecule has 148 valence electrons. The van der Waals surface area contributed by atoms with E-state index >= 15 is 0 Å². The number of H-pyrrole nitrogens is 1. The molecule has 4 rings (SSSR count). The highest BCUT2D eigenvalue weighted by Gasteiger charge is 2.47. The van der Waals surface area contributed by atoms with Crippen LogP contribution in [0.1, 0.15) is 26.0 Å². The molecular formula is C23H23N3O3. The van der Waals surface area contributed by atoms with E-state index in [0.29, 0.717) is 6.54 Å². The van der Waals surface area contributed by atoms with Gasteiger partial charge in [-0.3, -0.25) is 9.59 Å². The van der Waals surface area contributed by atoms with E-state index in [2.05, 4.69) is 9.97 Å². The van der Waals surface area contributed by atoms with Crippen LogP contribution in [0.15, 0.2) is 67.1 Å². The number of nitrogens with one attached hydrogen (secondary N) is 1. The normalized spacial score (nSPS) is 17.7. The highest BCUT2D eigenvalue weighted by molar-refractivity contribution is 5.98. The van der Waals surface area contributed by atoms with Crippen molar-refractivity contribution in [2.75, 3.05) is 4.90 Å². The number of benzene rings is 2. The molecule has 0 bridgehead atoms. The second-order valence-corrected chi connectivity index (χ2v) is 7.75. The summed E-state index contributed by atoms with van der Waals surface area (Å²) in [5, 5.41) is 0. The Morgan fingerprint density at radius 1 is 1.14 bits per heavy atom. The molecule has 1 saturated heterocycles. The number of esters is 1. The van der Waals surface area contributed by atoms with Gasteiger partial charge < -0.3 is 14.6 Å². The van der Waals surface area contributed by atoms with Gasteiger partial charge in [-0.2, -0.15) is 0 Å². The number of aromatic nitrogens is 2. The molecule has 1 fully saturated rings. The molecule has 1 atom stereocenters. The van der Waals surface area contributed by atoms with Gasteiger partial charge in [0.15, 0.2) is 0 Å². The Labute approximate surface area is 169 Å². The minimum atomic E-state index is -0.829. The molecule has 0 saturated carbocycles. The summed E-state index contributed by atoms with van der Waals surface area (Å²) in [6.07, 6.45) is 3.37. The van der Waals surface area contributed by atoms with E-state index in [1.165, 1.54) is 0 Å². The van der Waals surface area contributed by atoms with Crippen molar-refractivity contribution in [3.05, 3.63) is 72.8 Å². The van der Waals surface area contributed by atoms with Crippen LogP contribution in [-0.4, -0.2) is 27.4 Å². The van der Waals surface area contributed by atoms with Crippen LogP contribution in [0, 0.1) is 5.92 Å². The monoisotopic (exact) mass is 389 g/mol. The predicted molar refractivity (Wildman–Crippen MR) is 110 cm³/mol.